The molecule has 6 heteroatoms. The van der Waals surface area contributed by atoms with Gasteiger partial charge in [-0.1, -0.05) is 11.6 Å². The highest BCUT2D eigenvalue weighted by Gasteiger charge is 2.34. The maximum absolute atomic E-state index is 12.3. The van der Waals surface area contributed by atoms with Gasteiger partial charge in [-0.2, -0.15) is 18.4 Å². The fraction of sp³-hybridized carbons (Fsp3) is 0.125. The largest absolute Gasteiger partial charge is 0.417 e. The maximum Gasteiger partial charge on any atom is 0.417 e. The van der Waals surface area contributed by atoms with Gasteiger partial charge in [0.2, 0.25) is 0 Å². The zero-order valence-electron chi connectivity index (χ0n) is 6.49. The summed E-state index contributed by atoms with van der Waals surface area (Å²) in [5.74, 6) is 0. The molecule has 0 aromatic heterocycles. The second-order valence-electron chi connectivity index (χ2n) is 2.42. The molecule has 1 rings (SSSR count). The van der Waals surface area contributed by atoms with Gasteiger partial charge in [0, 0.05) is 4.47 Å². The van der Waals surface area contributed by atoms with Crippen LogP contribution in [0.15, 0.2) is 16.6 Å². The molecule has 0 aliphatic rings. The number of hydrogen-bond donors (Lipinski definition) is 0. The SMILES string of the molecule is N#Cc1cc(Br)c(Cl)cc1C(F)(F)F. The van der Waals surface area contributed by atoms with E-state index in [4.69, 9.17) is 16.9 Å². The van der Waals surface area contributed by atoms with Crippen LogP contribution >= 0.6 is 27.5 Å². The molecule has 0 fully saturated rings. The second kappa shape index (κ2) is 3.79. The Kier molecular flexibility index (Phi) is 3.07. The predicted octanol–water partition coefficient (Wildman–Crippen LogP) is 3.99. The van der Waals surface area contributed by atoms with E-state index in [-0.39, 0.29) is 9.50 Å². The molecule has 0 heterocycles. The third-order valence-corrected chi connectivity index (χ3v) is 2.68. The highest BCUT2D eigenvalue weighted by molar-refractivity contribution is 9.10. The van der Waals surface area contributed by atoms with Crippen molar-refractivity contribution in [2.45, 2.75) is 6.18 Å². The van der Waals surface area contributed by atoms with Gasteiger partial charge in [-0.25, -0.2) is 0 Å². The Bertz CT molecular complexity index is 408. The standard InChI is InChI=1S/C8H2BrClF3N/c9-6-1-4(3-14)5(2-7(6)10)8(11,12)13/h1-2H. The Morgan fingerprint density at radius 3 is 2.36 bits per heavy atom. The molecule has 0 radical (unpaired) electrons. The summed E-state index contributed by atoms with van der Waals surface area (Å²) in [6.07, 6.45) is -4.56. The summed E-state index contributed by atoms with van der Waals surface area (Å²) in [4.78, 5) is 0. The van der Waals surface area contributed by atoms with Crippen LogP contribution < -0.4 is 0 Å². The van der Waals surface area contributed by atoms with Crippen molar-refractivity contribution in [3.05, 3.63) is 32.8 Å². The van der Waals surface area contributed by atoms with E-state index in [0.717, 1.165) is 12.1 Å². The van der Waals surface area contributed by atoms with E-state index in [1.54, 1.807) is 0 Å². The van der Waals surface area contributed by atoms with Crippen LogP contribution in [0.5, 0.6) is 0 Å². The van der Waals surface area contributed by atoms with Gasteiger partial charge in [0.25, 0.3) is 0 Å². The third kappa shape index (κ3) is 2.20. The molecular formula is C8H2BrClF3N. The summed E-state index contributed by atoms with van der Waals surface area (Å²) in [7, 11) is 0. The number of hydrogen-bond acceptors (Lipinski definition) is 1. The van der Waals surface area contributed by atoms with Crippen LogP contribution in [0.2, 0.25) is 5.02 Å². The predicted molar refractivity (Wildman–Crippen MR) is 48.9 cm³/mol. The molecule has 0 amide bonds. The van der Waals surface area contributed by atoms with Crippen LogP contribution in [0, 0.1) is 11.3 Å². The molecule has 0 saturated carbocycles. The topological polar surface area (TPSA) is 23.8 Å². The van der Waals surface area contributed by atoms with Crippen LogP contribution in [0.25, 0.3) is 0 Å². The Morgan fingerprint density at radius 1 is 1.36 bits per heavy atom. The summed E-state index contributed by atoms with van der Waals surface area (Å²) in [6.45, 7) is 0. The molecule has 1 aromatic carbocycles. The van der Waals surface area contributed by atoms with E-state index in [1.165, 1.54) is 6.07 Å². The maximum atomic E-state index is 12.3. The van der Waals surface area contributed by atoms with Gasteiger partial charge >= 0.3 is 6.18 Å². The normalized spacial score (nSPS) is 11.1. The molecule has 0 atom stereocenters. The first-order valence-electron chi connectivity index (χ1n) is 3.32. The number of rotatable bonds is 0. The first-order valence-corrected chi connectivity index (χ1v) is 4.49. The van der Waals surface area contributed by atoms with Gasteiger partial charge in [-0.3, -0.25) is 0 Å². The molecule has 0 aliphatic heterocycles. The van der Waals surface area contributed by atoms with Crippen LogP contribution in [0.1, 0.15) is 11.1 Å². The Hall–Kier alpha value is -0.730. The second-order valence-corrected chi connectivity index (χ2v) is 3.68. The number of halogens is 5. The summed E-state index contributed by atoms with van der Waals surface area (Å²) < 4.78 is 37.2. The fourth-order valence-electron chi connectivity index (χ4n) is 0.874. The monoisotopic (exact) mass is 283 g/mol. The molecule has 74 valence electrons. The van der Waals surface area contributed by atoms with Crippen molar-refractivity contribution in [1.82, 2.24) is 0 Å². The minimum atomic E-state index is -4.56. The van der Waals surface area contributed by atoms with Crippen LogP contribution in [0.4, 0.5) is 13.2 Å². The summed E-state index contributed by atoms with van der Waals surface area (Å²) in [5, 5.41) is 8.41. The highest BCUT2D eigenvalue weighted by atomic mass is 79.9. The molecule has 1 aromatic rings. The van der Waals surface area contributed by atoms with Crippen LogP contribution in [-0.2, 0) is 6.18 Å². The lowest BCUT2D eigenvalue weighted by molar-refractivity contribution is -0.137. The lowest BCUT2D eigenvalue weighted by atomic mass is 10.1. The van der Waals surface area contributed by atoms with E-state index >= 15 is 0 Å². The number of benzene rings is 1. The van der Waals surface area contributed by atoms with E-state index in [2.05, 4.69) is 15.9 Å². The lowest BCUT2D eigenvalue weighted by Gasteiger charge is -2.09. The van der Waals surface area contributed by atoms with E-state index in [1.807, 2.05) is 0 Å². The van der Waals surface area contributed by atoms with Crippen molar-refractivity contribution in [3.63, 3.8) is 0 Å². The van der Waals surface area contributed by atoms with Crippen molar-refractivity contribution in [2.24, 2.45) is 0 Å². The Labute approximate surface area is 91.2 Å². The number of alkyl halides is 3. The van der Waals surface area contributed by atoms with E-state index < -0.39 is 17.3 Å². The average molecular weight is 284 g/mol. The summed E-state index contributed by atoms with van der Waals surface area (Å²) in [5.41, 5.74) is -1.47. The van der Waals surface area contributed by atoms with Crippen molar-refractivity contribution >= 4 is 27.5 Å². The molecular weight excluding hydrogens is 282 g/mol. The zero-order chi connectivity index (χ0) is 10.9. The highest BCUT2D eigenvalue weighted by Crippen LogP contribution is 2.36. The minimum absolute atomic E-state index is 0.0728. The minimum Gasteiger partial charge on any atom is -0.192 e. The fourth-order valence-corrected chi connectivity index (χ4v) is 1.38. The molecule has 0 saturated heterocycles. The van der Waals surface area contributed by atoms with E-state index in [9.17, 15) is 13.2 Å². The van der Waals surface area contributed by atoms with Gasteiger partial charge in [-0.15, -0.1) is 0 Å². The van der Waals surface area contributed by atoms with Crippen molar-refractivity contribution in [1.29, 1.82) is 5.26 Å². The van der Waals surface area contributed by atoms with E-state index in [0.29, 0.717) is 0 Å². The lowest BCUT2D eigenvalue weighted by Crippen LogP contribution is -2.07. The first-order chi connectivity index (χ1) is 6.36. The average Bonchev–Trinajstić information content (AvgIpc) is 2.07. The zero-order valence-corrected chi connectivity index (χ0v) is 8.83. The van der Waals surface area contributed by atoms with Crippen molar-refractivity contribution < 1.29 is 13.2 Å². The van der Waals surface area contributed by atoms with Gasteiger partial charge < -0.3 is 0 Å². The smallest absolute Gasteiger partial charge is 0.192 e. The molecule has 0 aliphatic carbocycles. The van der Waals surface area contributed by atoms with Gasteiger partial charge in [0.05, 0.1) is 22.2 Å². The Morgan fingerprint density at radius 2 is 1.93 bits per heavy atom. The first kappa shape index (κ1) is 11.3. The molecule has 0 N–H and O–H groups in total. The Balaban J connectivity index is 3.45. The number of nitrogens with zero attached hydrogens (tertiary/aromatic N) is 1. The summed E-state index contributed by atoms with van der Waals surface area (Å²) >= 11 is 8.43. The number of nitriles is 1. The third-order valence-electron chi connectivity index (χ3n) is 1.49. The van der Waals surface area contributed by atoms with Gasteiger partial charge in [0.15, 0.2) is 0 Å². The quantitative estimate of drug-likeness (QED) is 0.706. The molecule has 1 nitrogen and oxygen atoms in total. The molecule has 0 unspecified atom stereocenters. The summed E-state index contributed by atoms with van der Waals surface area (Å²) in [6, 6.07) is 3.23. The van der Waals surface area contributed by atoms with Gasteiger partial charge in [-0.05, 0) is 28.1 Å². The van der Waals surface area contributed by atoms with Crippen LogP contribution in [-0.4, -0.2) is 0 Å². The molecule has 14 heavy (non-hydrogen) atoms. The van der Waals surface area contributed by atoms with Gasteiger partial charge in [0.1, 0.15) is 0 Å². The molecule has 0 spiro atoms. The molecule has 0 bridgehead atoms. The van der Waals surface area contributed by atoms with Crippen molar-refractivity contribution in [3.8, 4) is 6.07 Å². The van der Waals surface area contributed by atoms with Crippen LogP contribution in [0.3, 0.4) is 0 Å². The van der Waals surface area contributed by atoms with Crippen molar-refractivity contribution in [2.75, 3.05) is 0 Å².